The van der Waals surface area contributed by atoms with Gasteiger partial charge in [-0.2, -0.15) is 0 Å². The van der Waals surface area contributed by atoms with Gasteiger partial charge in [0.15, 0.2) is 11.6 Å². The lowest BCUT2D eigenvalue weighted by atomic mass is 10.0. The van der Waals surface area contributed by atoms with Gasteiger partial charge in [-0.25, -0.2) is 8.78 Å². The van der Waals surface area contributed by atoms with Crippen molar-refractivity contribution in [3.05, 3.63) is 89.9 Å². The van der Waals surface area contributed by atoms with Crippen LogP contribution in [-0.4, -0.2) is 81.4 Å². The molecule has 2 aromatic carbocycles. The first kappa shape index (κ1) is 22.5. The number of carbonyl (C=O) groups excluding carboxylic acids is 2. The Balaban J connectivity index is 1.07. The van der Waals surface area contributed by atoms with Crippen molar-refractivity contribution in [3.63, 3.8) is 0 Å². The predicted molar refractivity (Wildman–Crippen MR) is 131 cm³/mol. The van der Waals surface area contributed by atoms with Crippen LogP contribution in [0.3, 0.4) is 0 Å². The Bertz CT molecular complexity index is 1430. The van der Waals surface area contributed by atoms with Gasteiger partial charge in [0.25, 0.3) is 11.8 Å². The van der Waals surface area contributed by atoms with Gasteiger partial charge in [0, 0.05) is 80.4 Å². The topological polar surface area (TPSA) is 64.6 Å². The van der Waals surface area contributed by atoms with Crippen molar-refractivity contribution < 1.29 is 18.4 Å². The second kappa shape index (κ2) is 8.91. The van der Waals surface area contributed by atoms with E-state index in [1.165, 1.54) is 6.07 Å². The minimum absolute atomic E-state index is 0.0192. The fourth-order valence-electron chi connectivity index (χ4n) is 5.09. The number of rotatable bonds is 4. The third kappa shape index (κ3) is 3.95. The van der Waals surface area contributed by atoms with Crippen molar-refractivity contribution in [1.82, 2.24) is 24.3 Å². The summed E-state index contributed by atoms with van der Waals surface area (Å²) in [4.78, 5) is 34.6. The molecule has 0 spiro atoms. The van der Waals surface area contributed by atoms with Crippen LogP contribution in [0.25, 0.3) is 16.6 Å². The highest BCUT2D eigenvalue weighted by Crippen LogP contribution is 2.25. The average Bonchev–Trinajstić information content (AvgIpc) is 3.55. The molecule has 1 N–H and O–H groups in total. The Kier molecular flexibility index (Phi) is 5.56. The Hall–Kier alpha value is -3.98. The van der Waals surface area contributed by atoms with Crippen molar-refractivity contribution in [1.29, 1.82) is 0 Å². The number of carbonyl (C=O) groups is 2. The van der Waals surface area contributed by atoms with Crippen LogP contribution in [0.15, 0.2) is 67.0 Å². The van der Waals surface area contributed by atoms with Gasteiger partial charge in [-0.3, -0.25) is 14.5 Å². The van der Waals surface area contributed by atoms with Crippen LogP contribution in [0.1, 0.15) is 20.8 Å². The van der Waals surface area contributed by atoms with Crippen molar-refractivity contribution in [2.24, 2.45) is 0 Å². The molecule has 184 valence electrons. The molecule has 2 fully saturated rings. The van der Waals surface area contributed by atoms with Crippen LogP contribution < -0.4 is 0 Å². The summed E-state index contributed by atoms with van der Waals surface area (Å²) < 4.78 is 28.8. The number of nitrogens with one attached hydrogen (secondary N) is 1. The van der Waals surface area contributed by atoms with Gasteiger partial charge < -0.3 is 19.4 Å². The highest BCUT2D eigenvalue weighted by Gasteiger charge is 2.37. The quantitative estimate of drug-likeness (QED) is 0.477. The van der Waals surface area contributed by atoms with Crippen molar-refractivity contribution in [2.75, 3.05) is 39.3 Å². The maximum Gasteiger partial charge on any atom is 0.270 e. The lowest BCUT2D eigenvalue weighted by Crippen LogP contribution is -2.64. The Morgan fingerprint density at radius 2 is 1.64 bits per heavy atom. The summed E-state index contributed by atoms with van der Waals surface area (Å²) in [5, 5.41) is 0.852. The maximum absolute atomic E-state index is 13.7. The zero-order valence-corrected chi connectivity index (χ0v) is 19.5. The van der Waals surface area contributed by atoms with E-state index in [9.17, 15) is 18.4 Å². The van der Waals surface area contributed by atoms with Crippen LogP contribution in [0, 0.1) is 11.6 Å². The van der Waals surface area contributed by atoms with E-state index in [1.54, 1.807) is 29.1 Å². The van der Waals surface area contributed by atoms with E-state index in [1.807, 2.05) is 34.1 Å². The number of aromatic nitrogens is 2. The fraction of sp³-hybridized carbons (Fsp3) is 0.259. The van der Waals surface area contributed by atoms with E-state index < -0.39 is 11.6 Å². The Morgan fingerprint density at radius 1 is 0.833 bits per heavy atom. The minimum Gasteiger partial charge on any atom is -0.357 e. The second-order valence-corrected chi connectivity index (χ2v) is 9.33. The molecule has 2 aliphatic heterocycles. The zero-order valence-electron chi connectivity index (χ0n) is 19.5. The number of halogens is 2. The standard InChI is InChI=1S/C27H25F2N5O2/c28-22-5-4-20(15-23(22)29)34-9-7-18-14-19(3-6-25(18)34)26(35)33-16-21(17-33)31-10-12-32(13-11-31)27(36)24-2-1-8-30-24/h1-9,14-15,21,30H,10-13,16-17H2. The average molecular weight is 490 g/mol. The molecule has 0 radical (unpaired) electrons. The van der Waals surface area contributed by atoms with E-state index in [0.717, 1.165) is 36.1 Å². The predicted octanol–water partition coefficient (Wildman–Crippen LogP) is 3.52. The molecule has 0 unspecified atom stereocenters. The van der Waals surface area contributed by atoms with Gasteiger partial charge in [-0.1, -0.05) is 0 Å². The summed E-state index contributed by atoms with van der Waals surface area (Å²) in [7, 11) is 0. The van der Waals surface area contributed by atoms with Gasteiger partial charge in [0.2, 0.25) is 0 Å². The summed E-state index contributed by atoms with van der Waals surface area (Å²) in [5.74, 6) is -1.78. The summed E-state index contributed by atoms with van der Waals surface area (Å²) in [5.41, 5.74) is 2.54. The molecule has 7 nitrogen and oxygen atoms in total. The van der Waals surface area contributed by atoms with Gasteiger partial charge in [0.05, 0.1) is 5.52 Å². The third-order valence-corrected chi connectivity index (χ3v) is 7.21. The van der Waals surface area contributed by atoms with E-state index in [2.05, 4.69) is 9.88 Å². The number of H-pyrrole nitrogens is 1. The lowest BCUT2D eigenvalue weighted by Gasteiger charge is -2.48. The molecule has 0 aliphatic carbocycles. The Morgan fingerprint density at radius 3 is 2.36 bits per heavy atom. The molecule has 2 aromatic heterocycles. The minimum atomic E-state index is -0.901. The SMILES string of the molecule is O=C(c1ccc2c(ccn2-c2ccc(F)c(F)c2)c1)N1CC(N2CCN(C(=O)c3ccc[nH]3)CC2)C1. The highest BCUT2D eigenvalue weighted by atomic mass is 19.2. The summed E-state index contributed by atoms with van der Waals surface area (Å²) >= 11 is 0. The smallest absolute Gasteiger partial charge is 0.270 e. The monoisotopic (exact) mass is 489 g/mol. The number of nitrogens with zero attached hydrogens (tertiary/aromatic N) is 4. The van der Waals surface area contributed by atoms with E-state index in [-0.39, 0.29) is 11.8 Å². The molecule has 6 rings (SSSR count). The number of likely N-dealkylation sites (tertiary alicyclic amines) is 1. The van der Waals surface area contributed by atoms with Gasteiger partial charge >= 0.3 is 0 Å². The number of piperazine rings is 1. The third-order valence-electron chi connectivity index (χ3n) is 7.21. The number of hydrogen-bond donors (Lipinski definition) is 1. The summed E-state index contributed by atoms with van der Waals surface area (Å²) in [6.07, 6.45) is 3.54. The number of fused-ring (bicyclic) bond motifs is 1. The summed E-state index contributed by atoms with van der Waals surface area (Å²) in [6, 6.07) is 15.0. The maximum atomic E-state index is 13.7. The molecule has 2 amide bonds. The second-order valence-electron chi connectivity index (χ2n) is 9.33. The molecular formula is C27H25F2N5O2. The van der Waals surface area contributed by atoms with Crippen molar-refractivity contribution >= 4 is 22.7 Å². The zero-order chi connectivity index (χ0) is 24.8. The van der Waals surface area contributed by atoms with E-state index in [0.29, 0.717) is 49.2 Å². The van der Waals surface area contributed by atoms with Crippen molar-refractivity contribution in [2.45, 2.75) is 6.04 Å². The molecule has 2 aliphatic rings. The van der Waals surface area contributed by atoms with E-state index in [4.69, 9.17) is 0 Å². The highest BCUT2D eigenvalue weighted by molar-refractivity contribution is 5.99. The molecule has 9 heteroatoms. The molecule has 0 saturated carbocycles. The molecule has 2 saturated heterocycles. The molecule has 0 atom stereocenters. The molecule has 4 aromatic rings. The molecule has 4 heterocycles. The fourth-order valence-corrected chi connectivity index (χ4v) is 5.09. The van der Waals surface area contributed by atoms with E-state index >= 15 is 0 Å². The van der Waals surface area contributed by atoms with Crippen LogP contribution in [0.2, 0.25) is 0 Å². The first-order valence-corrected chi connectivity index (χ1v) is 12.0. The van der Waals surface area contributed by atoms with Gasteiger partial charge in [-0.15, -0.1) is 0 Å². The van der Waals surface area contributed by atoms with Crippen molar-refractivity contribution in [3.8, 4) is 5.69 Å². The first-order valence-electron chi connectivity index (χ1n) is 12.0. The summed E-state index contributed by atoms with van der Waals surface area (Å²) in [6.45, 7) is 4.27. The van der Waals surface area contributed by atoms with Crippen LogP contribution >= 0.6 is 0 Å². The number of amides is 2. The van der Waals surface area contributed by atoms with Crippen LogP contribution in [0.4, 0.5) is 8.78 Å². The van der Waals surface area contributed by atoms with Gasteiger partial charge in [-0.05, 0) is 48.5 Å². The Labute approximate surface area is 206 Å². The van der Waals surface area contributed by atoms with Crippen LogP contribution in [0.5, 0.6) is 0 Å². The molecular weight excluding hydrogens is 464 g/mol. The number of hydrogen-bond acceptors (Lipinski definition) is 3. The normalized spacial score (nSPS) is 16.9. The lowest BCUT2D eigenvalue weighted by molar-refractivity contribution is 0.00844. The molecule has 36 heavy (non-hydrogen) atoms. The van der Waals surface area contributed by atoms with Crippen LogP contribution in [-0.2, 0) is 0 Å². The van der Waals surface area contributed by atoms with Gasteiger partial charge in [0.1, 0.15) is 5.69 Å². The first-order chi connectivity index (χ1) is 17.5. The number of benzene rings is 2. The number of aromatic amines is 1. The molecule has 0 bridgehead atoms. The largest absolute Gasteiger partial charge is 0.357 e.